The van der Waals surface area contributed by atoms with Crippen molar-refractivity contribution in [3.8, 4) is 6.07 Å². The van der Waals surface area contributed by atoms with E-state index in [0.29, 0.717) is 10.0 Å². The van der Waals surface area contributed by atoms with Crippen LogP contribution >= 0.6 is 22.9 Å². The number of nitrogens with one attached hydrogen (secondary N) is 1. The van der Waals surface area contributed by atoms with E-state index in [1.165, 1.54) is 24.2 Å². The Hall–Kier alpha value is -0.830. The molecule has 2 atom stereocenters. The van der Waals surface area contributed by atoms with Crippen molar-refractivity contribution < 1.29 is 5.11 Å². The number of anilines is 1. The van der Waals surface area contributed by atoms with Gasteiger partial charge in [-0.1, -0.05) is 35.8 Å². The van der Waals surface area contributed by atoms with Gasteiger partial charge in [0.15, 0.2) is 10.3 Å². The fraction of sp³-hybridized carbons (Fsp3) is 0.636. The number of nitriles is 1. The molecule has 17 heavy (non-hydrogen) atoms. The van der Waals surface area contributed by atoms with Gasteiger partial charge in [-0.3, -0.25) is 0 Å². The largest absolute Gasteiger partial charge is 0.396 e. The molecule has 0 radical (unpaired) electrons. The van der Waals surface area contributed by atoms with Crippen molar-refractivity contribution >= 4 is 28.1 Å². The van der Waals surface area contributed by atoms with Gasteiger partial charge in [0.2, 0.25) is 0 Å². The fourth-order valence-corrected chi connectivity index (χ4v) is 3.22. The summed E-state index contributed by atoms with van der Waals surface area (Å²) in [5, 5.41) is 22.3. The van der Waals surface area contributed by atoms with Crippen molar-refractivity contribution in [1.29, 1.82) is 5.26 Å². The quantitative estimate of drug-likeness (QED) is 0.887. The summed E-state index contributed by atoms with van der Waals surface area (Å²) in [6.07, 6.45) is 4.41. The zero-order valence-electron chi connectivity index (χ0n) is 9.32. The normalized spacial score (nSPS) is 24.3. The van der Waals surface area contributed by atoms with E-state index in [1.807, 2.05) is 6.07 Å². The van der Waals surface area contributed by atoms with Gasteiger partial charge in [-0.15, -0.1) is 0 Å². The van der Waals surface area contributed by atoms with Gasteiger partial charge in [-0.25, -0.2) is 4.98 Å². The molecule has 0 aromatic carbocycles. The molecule has 1 heterocycles. The van der Waals surface area contributed by atoms with Crippen LogP contribution in [0.4, 0.5) is 5.13 Å². The third-order valence-electron chi connectivity index (χ3n) is 3.14. The van der Waals surface area contributed by atoms with Crippen LogP contribution in [-0.4, -0.2) is 22.7 Å². The number of aromatic nitrogens is 1. The molecular formula is C11H14ClN3OS. The summed E-state index contributed by atoms with van der Waals surface area (Å²) in [5.74, 6) is 0.275. The lowest BCUT2D eigenvalue weighted by molar-refractivity contribution is 0.178. The Morgan fingerprint density at radius 3 is 2.94 bits per heavy atom. The van der Waals surface area contributed by atoms with Crippen molar-refractivity contribution in [2.75, 3.05) is 11.9 Å². The SMILES string of the molecule is N#Cc1sc(NC2CCCCC2CO)nc1Cl. The molecule has 1 fully saturated rings. The van der Waals surface area contributed by atoms with Gasteiger partial charge in [0, 0.05) is 18.6 Å². The zero-order valence-corrected chi connectivity index (χ0v) is 10.9. The molecule has 0 spiro atoms. The summed E-state index contributed by atoms with van der Waals surface area (Å²) in [7, 11) is 0. The van der Waals surface area contributed by atoms with Crippen LogP contribution in [0.1, 0.15) is 30.6 Å². The van der Waals surface area contributed by atoms with Gasteiger partial charge >= 0.3 is 0 Å². The molecule has 1 aromatic rings. The van der Waals surface area contributed by atoms with E-state index in [1.54, 1.807) is 0 Å². The molecule has 1 aliphatic carbocycles. The summed E-state index contributed by atoms with van der Waals surface area (Å²) in [6.45, 7) is 0.196. The predicted molar refractivity (Wildman–Crippen MR) is 68.3 cm³/mol. The summed E-state index contributed by atoms with van der Waals surface area (Å²) < 4.78 is 0. The first-order valence-electron chi connectivity index (χ1n) is 5.68. The first-order chi connectivity index (χ1) is 8.24. The van der Waals surface area contributed by atoms with Gasteiger partial charge in [-0.05, 0) is 12.8 Å². The zero-order chi connectivity index (χ0) is 12.3. The minimum absolute atomic E-state index is 0.196. The lowest BCUT2D eigenvalue weighted by Crippen LogP contribution is -2.34. The monoisotopic (exact) mass is 271 g/mol. The van der Waals surface area contributed by atoms with Crippen LogP contribution in [-0.2, 0) is 0 Å². The van der Waals surface area contributed by atoms with E-state index in [-0.39, 0.29) is 23.7 Å². The lowest BCUT2D eigenvalue weighted by atomic mass is 9.85. The summed E-state index contributed by atoms with van der Waals surface area (Å²) >= 11 is 7.09. The van der Waals surface area contributed by atoms with Crippen LogP contribution in [0.2, 0.25) is 5.15 Å². The van der Waals surface area contributed by atoms with Crippen LogP contribution in [0.15, 0.2) is 0 Å². The van der Waals surface area contributed by atoms with Crippen molar-refractivity contribution in [2.24, 2.45) is 5.92 Å². The molecule has 1 aliphatic rings. The molecule has 92 valence electrons. The number of aliphatic hydroxyl groups is 1. The van der Waals surface area contributed by atoms with Gasteiger partial charge in [0.25, 0.3) is 0 Å². The Morgan fingerprint density at radius 1 is 1.53 bits per heavy atom. The first-order valence-corrected chi connectivity index (χ1v) is 6.88. The number of nitrogens with zero attached hydrogens (tertiary/aromatic N) is 2. The van der Waals surface area contributed by atoms with Crippen molar-refractivity contribution in [2.45, 2.75) is 31.7 Å². The molecule has 2 unspecified atom stereocenters. The van der Waals surface area contributed by atoms with Crippen LogP contribution in [0.5, 0.6) is 0 Å². The molecule has 1 saturated carbocycles. The van der Waals surface area contributed by atoms with E-state index in [4.69, 9.17) is 16.9 Å². The van der Waals surface area contributed by atoms with Gasteiger partial charge < -0.3 is 10.4 Å². The molecule has 0 saturated heterocycles. The maximum atomic E-state index is 9.31. The third-order valence-corrected chi connectivity index (χ3v) is 4.42. The summed E-state index contributed by atoms with van der Waals surface area (Å²) in [4.78, 5) is 4.55. The Morgan fingerprint density at radius 2 is 2.29 bits per heavy atom. The standard InChI is InChI=1S/C11H14ClN3OS/c12-10-9(5-13)17-11(15-10)14-8-4-2-1-3-7(8)6-16/h7-8,16H,1-4,6H2,(H,14,15). The summed E-state index contributed by atoms with van der Waals surface area (Å²) in [6, 6.07) is 2.25. The van der Waals surface area contributed by atoms with Gasteiger partial charge in [0.1, 0.15) is 10.9 Å². The Kier molecular flexibility index (Phi) is 4.21. The van der Waals surface area contributed by atoms with Crippen molar-refractivity contribution in [1.82, 2.24) is 4.98 Å². The van der Waals surface area contributed by atoms with Gasteiger partial charge in [-0.2, -0.15) is 5.26 Å². The van der Waals surface area contributed by atoms with Gasteiger partial charge in [0.05, 0.1) is 0 Å². The highest BCUT2D eigenvalue weighted by atomic mass is 35.5. The Bertz CT molecular complexity index is 429. The molecule has 0 aliphatic heterocycles. The molecule has 2 rings (SSSR count). The van der Waals surface area contributed by atoms with Crippen LogP contribution < -0.4 is 5.32 Å². The molecule has 2 N–H and O–H groups in total. The molecule has 6 heteroatoms. The lowest BCUT2D eigenvalue weighted by Gasteiger charge is -2.30. The highest BCUT2D eigenvalue weighted by Crippen LogP contribution is 2.31. The minimum Gasteiger partial charge on any atom is -0.396 e. The number of rotatable bonds is 3. The van der Waals surface area contributed by atoms with E-state index in [9.17, 15) is 5.11 Å². The van der Waals surface area contributed by atoms with Crippen LogP contribution in [0.3, 0.4) is 0 Å². The van der Waals surface area contributed by atoms with Crippen molar-refractivity contribution in [3.05, 3.63) is 10.0 Å². The van der Waals surface area contributed by atoms with E-state index in [0.717, 1.165) is 12.8 Å². The minimum atomic E-state index is 0.196. The molecule has 0 bridgehead atoms. The van der Waals surface area contributed by atoms with E-state index < -0.39 is 0 Å². The summed E-state index contributed by atoms with van der Waals surface area (Å²) in [5.41, 5.74) is 0. The van der Waals surface area contributed by atoms with E-state index >= 15 is 0 Å². The van der Waals surface area contributed by atoms with E-state index in [2.05, 4.69) is 10.3 Å². The maximum Gasteiger partial charge on any atom is 0.185 e. The molecular weight excluding hydrogens is 258 g/mol. The second kappa shape index (κ2) is 5.67. The maximum absolute atomic E-state index is 9.31. The van der Waals surface area contributed by atoms with Crippen LogP contribution in [0.25, 0.3) is 0 Å². The highest BCUT2D eigenvalue weighted by Gasteiger charge is 2.25. The number of hydrogen-bond acceptors (Lipinski definition) is 5. The first kappa shape index (κ1) is 12.6. The molecule has 1 aromatic heterocycles. The fourth-order valence-electron chi connectivity index (χ4n) is 2.21. The Balaban J connectivity index is 2.06. The number of hydrogen-bond donors (Lipinski definition) is 2. The molecule has 4 nitrogen and oxygen atoms in total. The average molecular weight is 272 g/mol. The average Bonchev–Trinajstić information content (AvgIpc) is 2.70. The second-order valence-electron chi connectivity index (χ2n) is 4.23. The highest BCUT2D eigenvalue weighted by molar-refractivity contribution is 7.16. The number of halogens is 1. The third kappa shape index (κ3) is 2.89. The second-order valence-corrected chi connectivity index (χ2v) is 5.59. The Labute approximate surface area is 109 Å². The number of thiazole rings is 1. The topological polar surface area (TPSA) is 68.9 Å². The molecule has 0 amide bonds. The van der Waals surface area contributed by atoms with Crippen molar-refractivity contribution in [3.63, 3.8) is 0 Å². The van der Waals surface area contributed by atoms with Crippen LogP contribution in [0, 0.1) is 17.2 Å². The predicted octanol–water partition coefficient (Wildman–Crippen LogP) is 2.63. The smallest absolute Gasteiger partial charge is 0.185 e. The number of aliphatic hydroxyl groups excluding tert-OH is 1.